The number of imidazole rings is 1. The lowest BCUT2D eigenvalue weighted by molar-refractivity contribution is 0.872. The van der Waals surface area contributed by atoms with Crippen molar-refractivity contribution < 1.29 is 0 Å². The minimum absolute atomic E-state index is 0.484. The highest BCUT2D eigenvalue weighted by atomic mass is 15.0. The number of aryl methyl sites for hydroxylation is 1. The summed E-state index contributed by atoms with van der Waals surface area (Å²) < 4.78 is 0. The summed E-state index contributed by atoms with van der Waals surface area (Å²) in [6.45, 7) is 6.49. The second kappa shape index (κ2) is 3.57. The van der Waals surface area contributed by atoms with Gasteiger partial charge in [-0.25, -0.2) is 4.98 Å². The number of rotatable bonds is 2. The first-order valence-corrected chi connectivity index (χ1v) is 5.40. The van der Waals surface area contributed by atoms with Crippen LogP contribution in [0.3, 0.4) is 0 Å². The molecule has 0 fully saturated rings. The predicted octanol–water partition coefficient (Wildman–Crippen LogP) is 2.83. The number of nitrogens with two attached hydrogens (primary N) is 1. The van der Waals surface area contributed by atoms with Gasteiger partial charge in [0.25, 0.3) is 0 Å². The molecule has 3 nitrogen and oxygen atoms in total. The molecule has 0 aliphatic rings. The summed E-state index contributed by atoms with van der Waals surface area (Å²) in [4.78, 5) is 7.50. The number of aromatic nitrogens is 2. The fourth-order valence-electron chi connectivity index (χ4n) is 1.95. The number of fused-ring (bicyclic) bond motifs is 1. The van der Waals surface area contributed by atoms with Gasteiger partial charge in [-0.15, -0.1) is 0 Å². The van der Waals surface area contributed by atoms with Crippen LogP contribution in [0.15, 0.2) is 12.1 Å². The van der Waals surface area contributed by atoms with E-state index in [0.29, 0.717) is 11.9 Å². The molecule has 80 valence electrons. The Balaban J connectivity index is 2.76. The molecule has 0 aliphatic heterocycles. The molecule has 0 saturated heterocycles. The quantitative estimate of drug-likeness (QED) is 0.788. The van der Waals surface area contributed by atoms with Crippen molar-refractivity contribution in [3.05, 3.63) is 23.3 Å². The van der Waals surface area contributed by atoms with Crippen LogP contribution >= 0.6 is 0 Å². The predicted molar refractivity (Wildman–Crippen MR) is 64.0 cm³/mol. The van der Waals surface area contributed by atoms with Gasteiger partial charge in [-0.3, -0.25) is 0 Å². The van der Waals surface area contributed by atoms with Crippen molar-refractivity contribution in [1.29, 1.82) is 0 Å². The average Bonchev–Trinajstić information content (AvgIpc) is 2.56. The Labute approximate surface area is 89.7 Å². The average molecular weight is 203 g/mol. The molecule has 0 saturated carbocycles. The van der Waals surface area contributed by atoms with Gasteiger partial charge in [0.05, 0.1) is 11.0 Å². The van der Waals surface area contributed by atoms with E-state index in [1.165, 1.54) is 11.1 Å². The highest BCUT2D eigenvalue weighted by Gasteiger charge is 2.11. The molecule has 1 aromatic carbocycles. The summed E-state index contributed by atoms with van der Waals surface area (Å²) in [5, 5.41) is 0. The molecule has 0 unspecified atom stereocenters. The standard InChI is InChI=1S/C12H17N3/c1-4-8-5-6-9(7(2)3)11-10(8)14-12(13)15-11/h5-7H,4H2,1-3H3,(H3,13,14,15). The highest BCUT2D eigenvalue weighted by Crippen LogP contribution is 2.27. The third-order valence-corrected chi connectivity index (χ3v) is 2.78. The van der Waals surface area contributed by atoms with Crippen LogP contribution in [-0.2, 0) is 6.42 Å². The van der Waals surface area contributed by atoms with E-state index in [-0.39, 0.29) is 0 Å². The first-order valence-electron chi connectivity index (χ1n) is 5.40. The lowest BCUT2D eigenvalue weighted by Crippen LogP contribution is -1.92. The zero-order valence-electron chi connectivity index (χ0n) is 9.46. The summed E-state index contributed by atoms with van der Waals surface area (Å²) in [6, 6.07) is 4.32. The van der Waals surface area contributed by atoms with E-state index in [1.54, 1.807) is 0 Å². The Kier molecular flexibility index (Phi) is 2.39. The Bertz CT molecular complexity index is 483. The monoisotopic (exact) mass is 203 g/mol. The van der Waals surface area contributed by atoms with Crippen LogP contribution in [0.2, 0.25) is 0 Å². The van der Waals surface area contributed by atoms with Crippen LogP contribution in [0.5, 0.6) is 0 Å². The van der Waals surface area contributed by atoms with Crippen LogP contribution in [0.1, 0.15) is 37.8 Å². The molecule has 0 aliphatic carbocycles. The van der Waals surface area contributed by atoms with Crippen molar-refractivity contribution in [3.8, 4) is 0 Å². The number of hydrogen-bond donors (Lipinski definition) is 2. The molecule has 1 heterocycles. The zero-order valence-corrected chi connectivity index (χ0v) is 9.46. The largest absolute Gasteiger partial charge is 0.369 e. The van der Waals surface area contributed by atoms with E-state index in [2.05, 4.69) is 42.9 Å². The molecule has 2 rings (SSSR count). The second-order valence-corrected chi connectivity index (χ2v) is 4.17. The lowest BCUT2D eigenvalue weighted by atomic mass is 9.98. The second-order valence-electron chi connectivity index (χ2n) is 4.17. The molecule has 3 heteroatoms. The molecule has 2 aromatic rings. The number of hydrogen-bond acceptors (Lipinski definition) is 2. The third-order valence-electron chi connectivity index (χ3n) is 2.78. The van der Waals surface area contributed by atoms with E-state index in [0.717, 1.165) is 17.5 Å². The molecule has 1 aromatic heterocycles. The summed E-state index contributed by atoms with van der Waals surface area (Å²) >= 11 is 0. The van der Waals surface area contributed by atoms with Crippen LogP contribution in [-0.4, -0.2) is 9.97 Å². The highest BCUT2D eigenvalue weighted by molar-refractivity contribution is 5.84. The zero-order chi connectivity index (χ0) is 11.0. The fraction of sp³-hybridized carbons (Fsp3) is 0.417. The third kappa shape index (κ3) is 1.58. The van der Waals surface area contributed by atoms with E-state index in [1.807, 2.05) is 0 Å². The Hall–Kier alpha value is -1.51. The van der Waals surface area contributed by atoms with Gasteiger partial charge >= 0.3 is 0 Å². The topological polar surface area (TPSA) is 54.7 Å². The molecule has 0 bridgehead atoms. The van der Waals surface area contributed by atoms with Crippen LogP contribution < -0.4 is 5.73 Å². The molecule has 0 atom stereocenters. The number of benzene rings is 1. The van der Waals surface area contributed by atoms with Crippen LogP contribution in [0.25, 0.3) is 11.0 Å². The van der Waals surface area contributed by atoms with Gasteiger partial charge in [0, 0.05) is 0 Å². The van der Waals surface area contributed by atoms with Gasteiger partial charge < -0.3 is 10.7 Å². The molecule has 3 N–H and O–H groups in total. The minimum atomic E-state index is 0.484. The summed E-state index contributed by atoms with van der Waals surface area (Å²) in [5.41, 5.74) is 10.4. The molecule has 0 spiro atoms. The van der Waals surface area contributed by atoms with Gasteiger partial charge in [-0.05, 0) is 23.5 Å². The minimum Gasteiger partial charge on any atom is -0.369 e. The Morgan fingerprint density at radius 3 is 2.73 bits per heavy atom. The van der Waals surface area contributed by atoms with Crippen LogP contribution in [0, 0.1) is 0 Å². The van der Waals surface area contributed by atoms with Crippen LogP contribution in [0.4, 0.5) is 5.95 Å². The van der Waals surface area contributed by atoms with Gasteiger partial charge in [0.1, 0.15) is 0 Å². The van der Waals surface area contributed by atoms with Gasteiger partial charge in [0.2, 0.25) is 0 Å². The van der Waals surface area contributed by atoms with Crippen molar-refractivity contribution in [2.45, 2.75) is 33.1 Å². The molecule has 0 radical (unpaired) electrons. The van der Waals surface area contributed by atoms with Crippen molar-refractivity contribution in [1.82, 2.24) is 9.97 Å². The van der Waals surface area contributed by atoms with Gasteiger partial charge in [-0.1, -0.05) is 32.9 Å². The molecular formula is C12H17N3. The van der Waals surface area contributed by atoms with Gasteiger partial charge in [-0.2, -0.15) is 0 Å². The van der Waals surface area contributed by atoms with E-state index < -0.39 is 0 Å². The van der Waals surface area contributed by atoms with E-state index in [9.17, 15) is 0 Å². The van der Waals surface area contributed by atoms with Crippen molar-refractivity contribution >= 4 is 17.0 Å². The normalized spacial score (nSPS) is 11.5. The van der Waals surface area contributed by atoms with Crippen molar-refractivity contribution in [3.63, 3.8) is 0 Å². The smallest absolute Gasteiger partial charge is 0.198 e. The van der Waals surface area contributed by atoms with Crippen molar-refractivity contribution in [2.24, 2.45) is 0 Å². The summed E-state index contributed by atoms with van der Waals surface area (Å²) in [5.74, 6) is 0.992. The maximum absolute atomic E-state index is 5.72. The van der Waals surface area contributed by atoms with Gasteiger partial charge in [0.15, 0.2) is 5.95 Å². The number of anilines is 1. The van der Waals surface area contributed by atoms with E-state index in [4.69, 9.17) is 5.73 Å². The number of aromatic amines is 1. The number of nitrogen functional groups attached to an aromatic ring is 1. The molecular weight excluding hydrogens is 186 g/mol. The fourth-order valence-corrected chi connectivity index (χ4v) is 1.95. The molecule has 0 amide bonds. The number of nitrogens with one attached hydrogen (secondary N) is 1. The SMILES string of the molecule is CCc1ccc(C(C)C)c2[nH]c(N)nc12. The first-order chi connectivity index (χ1) is 7.13. The Morgan fingerprint density at radius 1 is 1.40 bits per heavy atom. The van der Waals surface area contributed by atoms with E-state index >= 15 is 0 Å². The maximum atomic E-state index is 5.72. The maximum Gasteiger partial charge on any atom is 0.198 e. The summed E-state index contributed by atoms with van der Waals surface area (Å²) in [7, 11) is 0. The molecule has 15 heavy (non-hydrogen) atoms. The summed E-state index contributed by atoms with van der Waals surface area (Å²) in [6.07, 6.45) is 0.985. The first kappa shape index (κ1) is 10.0. The number of nitrogens with zero attached hydrogens (tertiary/aromatic N) is 1. The lowest BCUT2D eigenvalue weighted by Gasteiger charge is -2.08. The van der Waals surface area contributed by atoms with Crippen molar-refractivity contribution in [2.75, 3.05) is 5.73 Å². The number of H-pyrrole nitrogens is 1. The Morgan fingerprint density at radius 2 is 2.13 bits per heavy atom.